The molecule has 2 N–H and O–H groups in total. The minimum atomic E-state index is -0.427. The lowest BCUT2D eigenvalue weighted by Crippen LogP contribution is -2.35. The fourth-order valence-corrected chi connectivity index (χ4v) is 2.67. The molecule has 6 nitrogen and oxygen atoms in total. The van der Waals surface area contributed by atoms with Crippen molar-refractivity contribution >= 4 is 11.9 Å². The fraction of sp³-hybridized carbons (Fsp3) is 0.786. The molecule has 1 saturated carbocycles. The molecule has 0 saturated heterocycles. The Balaban J connectivity index is 1.88. The van der Waals surface area contributed by atoms with E-state index in [2.05, 4.69) is 27.4 Å². The van der Waals surface area contributed by atoms with Crippen molar-refractivity contribution in [2.45, 2.75) is 65.1 Å². The van der Waals surface area contributed by atoms with Crippen molar-refractivity contribution in [2.75, 3.05) is 5.32 Å². The average Bonchev–Trinajstić information content (AvgIpc) is 2.81. The van der Waals surface area contributed by atoms with Crippen LogP contribution < -0.4 is 5.32 Å². The molecule has 0 aliphatic heterocycles. The Kier molecular flexibility index (Phi) is 5.11. The zero-order chi connectivity index (χ0) is 14.5. The highest BCUT2D eigenvalue weighted by molar-refractivity contribution is 5.92. The van der Waals surface area contributed by atoms with E-state index >= 15 is 0 Å². The third-order valence-corrected chi connectivity index (χ3v) is 3.74. The van der Waals surface area contributed by atoms with Crippen molar-refractivity contribution in [3.8, 4) is 0 Å². The number of ether oxygens (including phenoxy) is 1. The Morgan fingerprint density at radius 3 is 2.95 bits per heavy atom. The molecule has 1 amide bonds. The van der Waals surface area contributed by atoms with Crippen LogP contribution in [0.5, 0.6) is 0 Å². The van der Waals surface area contributed by atoms with Gasteiger partial charge in [0.25, 0.3) is 5.91 Å². The number of nitrogens with zero attached hydrogens (tertiary/aromatic N) is 2. The number of carbonyl (C=O) groups is 1. The second-order valence-corrected chi connectivity index (χ2v) is 5.66. The standard InChI is InChI=1S/C14H24N4O2/c1-4-12(20-11-7-5-6-9(2)8-11)13(19)16-14-15-10(3)17-18-14/h9,11-12H,4-8H2,1-3H3,(H2,15,16,17,18,19). The first-order chi connectivity index (χ1) is 9.58. The summed E-state index contributed by atoms with van der Waals surface area (Å²) in [5.74, 6) is 1.51. The van der Waals surface area contributed by atoms with Crippen LogP contribution in [0.1, 0.15) is 51.8 Å². The van der Waals surface area contributed by atoms with E-state index in [1.54, 1.807) is 6.92 Å². The Bertz CT molecular complexity index is 446. The van der Waals surface area contributed by atoms with Crippen molar-refractivity contribution < 1.29 is 9.53 Å². The van der Waals surface area contributed by atoms with Gasteiger partial charge in [-0.1, -0.05) is 26.7 Å². The van der Waals surface area contributed by atoms with Gasteiger partial charge >= 0.3 is 0 Å². The van der Waals surface area contributed by atoms with E-state index in [9.17, 15) is 4.79 Å². The highest BCUT2D eigenvalue weighted by atomic mass is 16.5. The van der Waals surface area contributed by atoms with Crippen molar-refractivity contribution in [1.29, 1.82) is 0 Å². The summed E-state index contributed by atoms with van der Waals surface area (Å²) >= 11 is 0. The zero-order valence-corrected chi connectivity index (χ0v) is 12.5. The molecule has 0 spiro atoms. The molecule has 2 rings (SSSR count). The van der Waals surface area contributed by atoms with Crippen LogP contribution in [0.3, 0.4) is 0 Å². The van der Waals surface area contributed by atoms with Gasteiger partial charge in [-0.3, -0.25) is 15.2 Å². The second kappa shape index (κ2) is 6.83. The van der Waals surface area contributed by atoms with Gasteiger partial charge in [0.05, 0.1) is 6.10 Å². The summed E-state index contributed by atoms with van der Waals surface area (Å²) < 4.78 is 5.97. The highest BCUT2D eigenvalue weighted by Gasteiger charge is 2.26. The maximum Gasteiger partial charge on any atom is 0.255 e. The third kappa shape index (κ3) is 4.03. The molecular weight excluding hydrogens is 256 g/mol. The van der Waals surface area contributed by atoms with Gasteiger partial charge in [0.15, 0.2) is 0 Å². The number of carbonyl (C=O) groups excluding carboxylic acids is 1. The Labute approximate surface area is 119 Å². The van der Waals surface area contributed by atoms with Gasteiger partial charge < -0.3 is 4.74 Å². The van der Waals surface area contributed by atoms with Crippen molar-refractivity contribution in [3.05, 3.63) is 5.82 Å². The molecule has 1 aromatic rings. The summed E-state index contributed by atoms with van der Waals surface area (Å²) in [6, 6.07) is 0. The number of hydrogen-bond acceptors (Lipinski definition) is 4. The minimum absolute atomic E-state index is 0.162. The highest BCUT2D eigenvalue weighted by Crippen LogP contribution is 2.27. The Morgan fingerprint density at radius 1 is 1.55 bits per heavy atom. The quantitative estimate of drug-likeness (QED) is 0.868. The Morgan fingerprint density at radius 2 is 2.35 bits per heavy atom. The predicted molar refractivity (Wildman–Crippen MR) is 76.3 cm³/mol. The third-order valence-electron chi connectivity index (χ3n) is 3.74. The Hall–Kier alpha value is -1.43. The summed E-state index contributed by atoms with van der Waals surface area (Å²) in [4.78, 5) is 16.3. The number of anilines is 1. The molecule has 3 atom stereocenters. The van der Waals surface area contributed by atoms with Gasteiger partial charge in [-0.05, 0) is 32.1 Å². The first-order valence-electron chi connectivity index (χ1n) is 7.43. The van der Waals surface area contributed by atoms with Gasteiger partial charge in [0, 0.05) is 0 Å². The van der Waals surface area contributed by atoms with E-state index in [0.717, 1.165) is 12.8 Å². The summed E-state index contributed by atoms with van der Waals surface area (Å²) in [6.45, 7) is 5.99. The first-order valence-corrected chi connectivity index (χ1v) is 7.43. The van der Waals surface area contributed by atoms with Crippen LogP contribution in [0.4, 0.5) is 5.95 Å². The van der Waals surface area contributed by atoms with Gasteiger partial charge in [-0.2, -0.15) is 4.98 Å². The van der Waals surface area contributed by atoms with Crippen LogP contribution in [-0.2, 0) is 9.53 Å². The first kappa shape index (κ1) is 15.0. The number of aromatic amines is 1. The van der Waals surface area contributed by atoms with Gasteiger partial charge in [-0.15, -0.1) is 5.10 Å². The number of H-pyrrole nitrogens is 1. The largest absolute Gasteiger partial charge is 0.365 e. The predicted octanol–water partition coefficient (Wildman–Crippen LogP) is 2.43. The molecule has 20 heavy (non-hydrogen) atoms. The summed E-state index contributed by atoms with van der Waals surface area (Å²) in [7, 11) is 0. The monoisotopic (exact) mass is 280 g/mol. The smallest absolute Gasteiger partial charge is 0.255 e. The molecule has 1 aromatic heterocycles. The van der Waals surface area contributed by atoms with Gasteiger partial charge in [0.2, 0.25) is 5.95 Å². The fourth-order valence-electron chi connectivity index (χ4n) is 2.67. The minimum Gasteiger partial charge on any atom is -0.365 e. The molecule has 0 radical (unpaired) electrons. The number of aromatic nitrogens is 3. The molecule has 112 valence electrons. The van der Waals surface area contributed by atoms with Crippen LogP contribution in [0, 0.1) is 12.8 Å². The molecule has 3 unspecified atom stereocenters. The van der Waals surface area contributed by atoms with Crippen molar-refractivity contribution in [1.82, 2.24) is 15.2 Å². The zero-order valence-electron chi connectivity index (χ0n) is 12.5. The lowest BCUT2D eigenvalue weighted by Gasteiger charge is -2.29. The number of aryl methyl sites for hydroxylation is 1. The van der Waals surface area contributed by atoms with E-state index in [1.807, 2.05) is 6.92 Å². The summed E-state index contributed by atoms with van der Waals surface area (Å²) in [5, 5.41) is 9.31. The number of nitrogens with one attached hydrogen (secondary N) is 2. The van der Waals surface area contributed by atoms with Crippen LogP contribution in [0.2, 0.25) is 0 Å². The maximum atomic E-state index is 12.2. The number of hydrogen-bond donors (Lipinski definition) is 2. The average molecular weight is 280 g/mol. The maximum absolute atomic E-state index is 12.2. The molecule has 1 aliphatic rings. The van der Waals surface area contributed by atoms with Crippen LogP contribution in [0.15, 0.2) is 0 Å². The van der Waals surface area contributed by atoms with E-state index in [1.165, 1.54) is 12.8 Å². The van der Waals surface area contributed by atoms with E-state index in [0.29, 0.717) is 24.1 Å². The molecule has 1 aliphatic carbocycles. The molecule has 0 aromatic carbocycles. The second-order valence-electron chi connectivity index (χ2n) is 5.66. The van der Waals surface area contributed by atoms with Crippen LogP contribution in [-0.4, -0.2) is 33.3 Å². The van der Waals surface area contributed by atoms with E-state index in [-0.39, 0.29) is 12.0 Å². The molecule has 1 fully saturated rings. The molecule has 6 heteroatoms. The number of rotatable bonds is 5. The van der Waals surface area contributed by atoms with Crippen molar-refractivity contribution in [2.24, 2.45) is 5.92 Å². The lowest BCUT2D eigenvalue weighted by atomic mass is 9.88. The normalized spacial score (nSPS) is 24.4. The van der Waals surface area contributed by atoms with Crippen molar-refractivity contribution in [3.63, 3.8) is 0 Å². The summed E-state index contributed by atoms with van der Waals surface area (Å²) in [6.07, 6.45) is 4.97. The molecular formula is C14H24N4O2. The summed E-state index contributed by atoms with van der Waals surface area (Å²) in [5.41, 5.74) is 0. The van der Waals surface area contributed by atoms with Crippen LogP contribution >= 0.6 is 0 Å². The topological polar surface area (TPSA) is 79.9 Å². The van der Waals surface area contributed by atoms with E-state index in [4.69, 9.17) is 4.74 Å². The lowest BCUT2D eigenvalue weighted by molar-refractivity contribution is -0.133. The van der Waals surface area contributed by atoms with Crippen LogP contribution in [0.25, 0.3) is 0 Å². The molecule has 0 bridgehead atoms. The molecule has 1 heterocycles. The van der Waals surface area contributed by atoms with Gasteiger partial charge in [-0.25, -0.2) is 0 Å². The van der Waals surface area contributed by atoms with E-state index < -0.39 is 6.10 Å². The number of amides is 1. The SMILES string of the molecule is CCC(OC1CCCC(C)C1)C(=O)Nc1n[nH]c(C)n1. The van der Waals surface area contributed by atoms with Gasteiger partial charge in [0.1, 0.15) is 11.9 Å².